The highest BCUT2D eigenvalue weighted by molar-refractivity contribution is 5.77. The molecule has 0 saturated heterocycles. The van der Waals surface area contributed by atoms with Crippen molar-refractivity contribution in [3.63, 3.8) is 0 Å². The summed E-state index contributed by atoms with van der Waals surface area (Å²) in [6.07, 6.45) is 1.64. The lowest BCUT2D eigenvalue weighted by molar-refractivity contribution is -0.119. The number of halogens is 1. The smallest absolute Gasteiger partial charge is 0.234 e. The van der Waals surface area contributed by atoms with Gasteiger partial charge in [-0.3, -0.25) is 4.79 Å². The number of rotatable bonds is 4. The van der Waals surface area contributed by atoms with Crippen molar-refractivity contribution in [2.24, 2.45) is 5.73 Å². The highest BCUT2D eigenvalue weighted by atomic mass is 19.1. The number of aryl methyl sites for hydroxylation is 1. The number of nitrogens with one attached hydrogen (secondary N) is 1. The van der Waals surface area contributed by atoms with Crippen LogP contribution in [0.5, 0.6) is 0 Å². The summed E-state index contributed by atoms with van der Waals surface area (Å²) < 4.78 is 14.7. The van der Waals surface area contributed by atoms with Crippen LogP contribution in [0.2, 0.25) is 0 Å². The van der Waals surface area contributed by atoms with Crippen LogP contribution in [-0.2, 0) is 11.3 Å². The Balaban J connectivity index is 2.16. The van der Waals surface area contributed by atoms with Gasteiger partial charge in [0.2, 0.25) is 5.91 Å². The second-order valence-corrected chi connectivity index (χ2v) is 4.07. The number of hydrogen-bond donors (Lipinski definition) is 2. The van der Waals surface area contributed by atoms with Crippen LogP contribution in [0.4, 0.5) is 4.39 Å². The Kier molecular flexibility index (Phi) is 3.86. The summed E-state index contributed by atoms with van der Waals surface area (Å²) in [5.41, 5.74) is 7.24. The predicted molar refractivity (Wildman–Crippen MR) is 67.0 cm³/mol. The van der Waals surface area contributed by atoms with Gasteiger partial charge in [-0.1, -0.05) is 11.3 Å². The minimum atomic E-state index is -0.339. The second kappa shape index (κ2) is 5.57. The van der Waals surface area contributed by atoms with Gasteiger partial charge >= 0.3 is 0 Å². The van der Waals surface area contributed by atoms with Crippen molar-refractivity contribution in [3.05, 3.63) is 41.5 Å². The Bertz CT molecular complexity index is 596. The summed E-state index contributed by atoms with van der Waals surface area (Å²) in [5, 5.41) is 10.4. The third kappa shape index (κ3) is 3.14. The highest BCUT2D eigenvalue weighted by Gasteiger charge is 2.07. The molecule has 0 aliphatic rings. The maximum atomic E-state index is 13.2. The monoisotopic (exact) mass is 263 g/mol. The van der Waals surface area contributed by atoms with Gasteiger partial charge < -0.3 is 11.1 Å². The molecule has 1 aromatic heterocycles. The van der Waals surface area contributed by atoms with Crippen LogP contribution >= 0.6 is 0 Å². The van der Waals surface area contributed by atoms with Crippen LogP contribution in [0.1, 0.15) is 11.3 Å². The van der Waals surface area contributed by atoms with E-state index in [-0.39, 0.29) is 24.8 Å². The van der Waals surface area contributed by atoms with Crippen molar-refractivity contribution >= 4 is 5.91 Å². The van der Waals surface area contributed by atoms with Gasteiger partial charge in [-0.25, -0.2) is 9.07 Å². The number of benzene rings is 1. The molecule has 0 radical (unpaired) electrons. The molecule has 0 saturated carbocycles. The lowest BCUT2D eigenvalue weighted by Gasteiger charge is -2.04. The standard InChI is InChI=1S/C12H14FN5O/c1-8-2-3-9(13)4-11(8)18-7-10(16-17-18)6-15-12(19)5-14/h2-4,7H,5-6,14H2,1H3,(H,15,19). The fraction of sp³-hybridized carbons (Fsp3) is 0.250. The molecule has 0 bridgehead atoms. The minimum Gasteiger partial charge on any atom is -0.349 e. The first-order chi connectivity index (χ1) is 9.10. The van der Waals surface area contributed by atoms with Crippen molar-refractivity contribution in [2.75, 3.05) is 6.54 Å². The molecule has 0 aliphatic carbocycles. The van der Waals surface area contributed by atoms with E-state index in [1.165, 1.54) is 16.8 Å². The molecule has 1 heterocycles. The lowest BCUT2D eigenvalue weighted by atomic mass is 10.2. The van der Waals surface area contributed by atoms with Gasteiger partial charge in [-0.15, -0.1) is 5.10 Å². The molecule has 0 unspecified atom stereocenters. The van der Waals surface area contributed by atoms with Crippen LogP contribution < -0.4 is 11.1 Å². The van der Waals surface area contributed by atoms with Crippen LogP contribution in [0, 0.1) is 12.7 Å². The van der Waals surface area contributed by atoms with Crippen LogP contribution in [0.3, 0.4) is 0 Å². The maximum absolute atomic E-state index is 13.2. The first kappa shape index (κ1) is 13.2. The van der Waals surface area contributed by atoms with E-state index in [2.05, 4.69) is 15.6 Å². The normalized spacial score (nSPS) is 10.5. The predicted octanol–water partition coefficient (Wildman–Crippen LogP) is 0.290. The summed E-state index contributed by atoms with van der Waals surface area (Å²) in [5.74, 6) is -0.606. The average Bonchev–Trinajstić information content (AvgIpc) is 2.87. The summed E-state index contributed by atoms with van der Waals surface area (Å²) >= 11 is 0. The fourth-order valence-corrected chi connectivity index (χ4v) is 1.59. The second-order valence-electron chi connectivity index (χ2n) is 4.07. The van der Waals surface area contributed by atoms with Gasteiger partial charge in [0, 0.05) is 0 Å². The van der Waals surface area contributed by atoms with E-state index < -0.39 is 0 Å². The molecular formula is C12H14FN5O. The van der Waals surface area contributed by atoms with Gasteiger partial charge in [0.25, 0.3) is 0 Å². The molecule has 0 fully saturated rings. The topological polar surface area (TPSA) is 85.8 Å². The first-order valence-electron chi connectivity index (χ1n) is 5.74. The average molecular weight is 263 g/mol. The van der Waals surface area contributed by atoms with E-state index in [1.54, 1.807) is 12.3 Å². The minimum absolute atomic E-state index is 0.0723. The lowest BCUT2D eigenvalue weighted by Crippen LogP contribution is -2.29. The molecule has 2 aromatic rings. The molecule has 1 aromatic carbocycles. The number of aromatic nitrogens is 3. The Morgan fingerprint density at radius 1 is 1.53 bits per heavy atom. The van der Waals surface area contributed by atoms with Gasteiger partial charge in [0.15, 0.2) is 0 Å². The Morgan fingerprint density at radius 2 is 2.32 bits per heavy atom. The summed E-state index contributed by atoms with van der Waals surface area (Å²) in [7, 11) is 0. The Morgan fingerprint density at radius 3 is 3.05 bits per heavy atom. The number of hydrogen-bond acceptors (Lipinski definition) is 4. The van der Waals surface area contributed by atoms with Crippen molar-refractivity contribution in [1.82, 2.24) is 20.3 Å². The van der Waals surface area contributed by atoms with E-state index in [1.807, 2.05) is 6.92 Å². The van der Waals surface area contributed by atoms with E-state index in [0.717, 1.165) is 5.56 Å². The van der Waals surface area contributed by atoms with E-state index >= 15 is 0 Å². The molecule has 2 rings (SSSR count). The Hall–Kier alpha value is -2.28. The van der Waals surface area contributed by atoms with Crippen molar-refractivity contribution in [3.8, 4) is 5.69 Å². The van der Waals surface area contributed by atoms with Gasteiger partial charge in [0.1, 0.15) is 11.5 Å². The molecule has 19 heavy (non-hydrogen) atoms. The largest absolute Gasteiger partial charge is 0.349 e. The van der Waals surface area contributed by atoms with Crippen LogP contribution in [0.15, 0.2) is 24.4 Å². The molecule has 6 nitrogen and oxygen atoms in total. The summed E-state index contributed by atoms with van der Waals surface area (Å²) in [6, 6.07) is 4.44. The fourth-order valence-electron chi connectivity index (χ4n) is 1.59. The highest BCUT2D eigenvalue weighted by Crippen LogP contribution is 2.14. The zero-order chi connectivity index (χ0) is 13.8. The molecular weight excluding hydrogens is 249 g/mol. The number of nitrogens with zero attached hydrogens (tertiary/aromatic N) is 3. The molecule has 3 N–H and O–H groups in total. The number of carbonyl (C=O) groups excluding carboxylic acids is 1. The molecule has 1 amide bonds. The van der Waals surface area contributed by atoms with E-state index in [0.29, 0.717) is 11.4 Å². The maximum Gasteiger partial charge on any atom is 0.234 e. The molecule has 100 valence electrons. The van der Waals surface area contributed by atoms with Crippen molar-refractivity contribution in [2.45, 2.75) is 13.5 Å². The molecule has 7 heteroatoms. The van der Waals surface area contributed by atoms with Gasteiger partial charge in [0.05, 0.1) is 25.0 Å². The molecule has 0 spiro atoms. The zero-order valence-electron chi connectivity index (χ0n) is 10.4. The molecule has 0 atom stereocenters. The van der Waals surface area contributed by atoms with Crippen LogP contribution in [0.25, 0.3) is 5.69 Å². The van der Waals surface area contributed by atoms with Crippen molar-refractivity contribution < 1.29 is 9.18 Å². The first-order valence-corrected chi connectivity index (χ1v) is 5.74. The summed E-state index contributed by atoms with van der Waals surface area (Å²) in [6.45, 7) is 2.02. The van der Waals surface area contributed by atoms with Gasteiger partial charge in [-0.2, -0.15) is 0 Å². The quantitative estimate of drug-likeness (QED) is 0.830. The third-order valence-electron chi connectivity index (χ3n) is 2.61. The zero-order valence-corrected chi connectivity index (χ0v) is 10.4. The van der Waals surface area contributed by atoms with E-state index in [4.69, 9.17) is 5.73 Å². The van der Waals surface area contributed by atoms with E-state index in [9.17, 15) is 9.18 Å². The number of nitrogens with two attached hydrogens (primary N) is 1. The van der Waals surface area contributed by atoms with Crippen molar-refractivity contribution in [1.29, 1.82) is 0 Å². The molecule has 0 aliphatic heterocycles. The number of amides is 1. The SMILES string of the molecule is Cc1ccc(F)cc1-n1cc(CNC(=O)CN)nn1. The summed E-state index contributed by atoms with van der Waals surface area (Å²) in [4.78, 5) is 11.0. The third-order valence-corrected chi connectivity index (χ3v) is 2.61. The number of carbonyl (C=O) groups is 1. The van der Waals surface area contributed by atoms with Gasteiger partial charge in [-0.05, 0) is 24.6 Å². The van der Waals surface area contributed by atoms with Crippen LogP contribution in [-0.4, -0.2) is 27.4 Å². The Labute approximate surface area is 109 Å².